The van der Waals surface area contributed by atoms with E-state index in [2.05, 4.69) is 4.98 Å². The van der Waals surface area contributed by atoms with Crippen LogP contribution in [0.5, 0.6) is 16.7 Å². The van der Waals surface area contributed by atoms with Crippen LogP contribution in [-0.4, -0.2) is 48.7 Å². The molecule has 0 aliphatic carbocycles. The minimum Gasteiger partial charge on any atom is -0.493 e. The molecule has 2 aromatic carbocycles. The van der Waals surface area contributed by atoms with Crippen LogP contribution in [0.25, 0.3) is 10.2 Å². The van der Waals surface area contributed by atoms with Gasteiger partial charge in [0.05, 0.1) is 30.4 Å². The summed E-state index contributed by atoms with van der Waals surface area (Å²) in [5, 5.41) is 0.647. The van der Waals surface area contributed by atoms with Crippen LogP contribution < -0.4 is 14.2 Å². The Morgan fingerprint density at radius 3 is 2.65 bits per heavy atom. The average molecular weight is 370 g/mol. The number of nitrogens with zero attached hydrogens (tertiary/aromatic N) is 2. The lowest BCUT2D eigenvalue weighted by Crippen LogP contribution is -2.57. The first-order valence-electron chi connectivity index (χ1n) is 8.29. The fourth-order valence-corrected chi connectivity index (χ4v) is 3.61. The average Bonchev–Trinajstić information content (AvgIpc) is 3.05. The van der Waals surface area contributed by atoms with Crippen LogP contribution in [0.15, 0.2) is 48.5 Å². The first-order chi connectivity index (χ1) is 12.7. The molecule has 1 aliphatic rings. The van der Waals surface area contributed by atoms with Crippen LogP contribution in [0, 0.1) is 0 Å². The van der Waals surface area contributed by atoms with E-state index in [-0.39, 0.29) is 18.6 Å². The van der Waals surface area contributed by atoms with Crippen molar-refractivity contribution in [3.8, 4) is 16.7 Å². The molecule has 0 spiro atoms. The number of fused-ring (bicyclic) bond motifs is 1. The molecule has 0 saturated carbocycles. The van der Waals surface area contributed by atoms with Gasteiger partial charge < -0.3 is 19.1 Å². The number of aromatic nitrogens is 1. The van der Waals surface area contributed by atoms with Gasteiger partial charge in [-0.3, -0.25) is 4.79 Å². The van der Waals surface area contributed by atoms with Gasteiger partial charge in [0.15, 0.2) is 18.1 Å². The summed E-state index contributed by atoms with van der Waals surface area (Å²) in [6.07, 6.45) is -0.0224. The minimum absolute atomic E-state index is 0.0196. The van der Waals surface area contributed by atoms with E-state index in [4.69, 9.17) is 14.2 Å². The molecule has 1 fully saturated rings. The molecular weight excluding hydrogens is 352 g/mol. The molecule has 1 amide bonds. The number of hydrogen-bond acceptors (Lipinski definition) is 6. The summed E-state index contributed by atoms with van der Waals surface area (Å²) < 4.78 is 17.7. The second kappa shape index (κ2) is 7.21. The second-order valence-corrected chi connectivity index (χ2v) is 6.92. The van der Waals surface area contributed by atoms with E-state index in [9.17, 15) is 4.79 Å². The monoisotopic (exact) mass is 370 g/mol. The van der Waals surface area contributed by atoms with E-state index in [1.54, 1.807) is 24.1 Å². The van der Waals surface area contributed by atoms with Crippen LogP contribution >= 0.6 is 11.3 Å². The second-order valence-electron chi connectivity index (χ2n) is 5.93. The molecule has 6 nitrogen and oxygen atoms in total. The lowest BCUT2D eigenvalue weighted by atomic mass is 10.1. The summed E-state index contributed by atoms with van der Waals surface area (Å²) in [5.41, 5.74) is 0.935. The molecular formula is C19H18N2O4S. The zero-order valence-electron chi connectivity index (χ0n) is 14.3. The third-order valence-electron chi connectivity index (χ3n) is 4.16. The SMILES string of the molecule is COc1ccccc1OCC(=O)N1CC(Oc2nc3ccccc3s2)C1. The highest BCUT2D eigenvalue weighted by Crippen LogP contribution is 2.29. The number of carbonyl (C=O) groups excluding carboxylic acids is 1. The summed E-state index contributed by atoms with van der Waals surface area (Å²) in [4.78, 5) is 18.4. The zero-order chi connectivity index (χ0) is 17.9. The molecule has 26 heavy (non-hydrogen) atoms. The Morgan fingerprint density at radius 2 is 1.88 bits per heavy atom. The standard InChI is InChI=1S/C19H18N2O4S/c1-23-15-7-3-4-8-16(15)24-12-18(22)21-10-13(11-21)25-19-20-14-6-2-5-9-17(14)26-19/h2-9,13H,10-12H2,1H3. The normalized spacial score (nSPS) is 14.1. The number of methoxy groups -OCH3 is 1. The maximum atomic E-state index is 12.2. The lowest BCUT2D eigenvalue weighted by molar-refractivity contribution is -0.142. The van der Waals surface area contributed by atoms with Gasteiger partial charge in [-0.15, -0.1) is 0 Å². The van der Waals surface area contributed by atoms with E-state index < -0.39 is 0 Å². The fraction of sp³-hybridized carbons (Fsp3) is 0.263. The van der Waals surface area contributed by atoms with Gasteiger partial charge in [0.2, 0.25) is 0 Å². The van der Waals surface area contributed by atoms with Gasteiger partial charge >= 0.3 is 0 Å². The van der Waals surface area contributed by atoms with Gasteiger partial charge in [-0.25, -0.2) is 4.98 Å². The number of para-hydroxylation sites is 3. The summed E-state index contributed by atoms with van der Waals surface area (Å²) in [6.45, 7) is 1.07. The van der Waals surface area contributed by atoms with E-state index in [1.165, 1.54) is 11.3 Å². The number of amides is 1. The number of carbonyl (C=O) groups is 1. The third-order valence-corrected chi connectivity index (χ3v) is 5.09. The summed E-state index contributed by atoms with van der Waals surface area (Å²) in [5.74, 6) is 1.10. The van der Waals surface area contributed by atoms with E-state index in [0.29, 0.717) is 29.8 Å². The summed E-state index contributed by atoms with van der Waals surface area (Å²) >= 11 is 1.52. The van der Waals surface area contributed by atoms with E-state index in [0.717, 1.165) is 10.2 Å². The Balaban J connectivity index is 1.27. The van der Waals surface area contributed by atoms with Crippen molar-refractivity contribution in [3.63, 3.8) is 0 Å². The molecule has 2 heterocycles. The van der Waals surface area contributed by atoms with Crippen LogP contribution in [-0.2, 0) is 4.79 Å². The zero-order valence-corrected chi connectivity index (χ0v) is 15.1. The Hall–Kier alpha value is -2.80. The Kier molecular flexibility index (Phi) is 4.62. The molecule has 0 bridgehead atoms. The highest BCUT2D eigenvalue weighted by Gasteiger charge is 2.33. The number of rotatable bonds is 6. The van der Waals surface area contributed by atoms with Crippen LogP contribution in [0.3, 0.4) is 0 Å². The van der Waals surface area contributed by atoms with Crippen LogP contribution in [0.1, 0.15) is 0 Å². The van der Waals surface area contributed by atoms with Gasteiger partial charge in [0, 0.05) is 0 Å². The number of hydrogen-bond donors (Lipinski definition) is 0. The minimum atomic E-state index is -0.0694. The van der Waals surface area contributed by atoms with Gasteiger partial charge in [-0.05, 0) is 24.3 Å². The van der Waals surface area contributed by atoms with Gasteiger partial charge in [-0.2, -0.15) is 0 Å². The first-order valence-corrected chi connectivity index (χ1v) is 9.10. The molecule has 4 rings (SSSR count). The largest absolute Gasteiger partial charge is 0.493 e. The van der Waals surface area contributed by atoms with Crippen LogP contribution in [0.2, 0.25) is 0 Å². The maximum absolute atomic E-state index is 12.2. The number of thiazole rings is 1. The van der Waals surface area contributed by atoms with Crippen molar-refractivity contribution < 1.29 is 19.0 Å². The number of benzene rings is 2. The van der Waals surface area contributed by atoms with Gasteiger partial charge in [-0.1, -0.05) is 35.6 Å². The Labute approximate surface area is 154 Å². The smallest absolute Gasteiger partial charge is 0.274 e. The molecule has 7 heteroatoms. The predicted octanol–water partition coefficient (Wildman–Crippen LogP) is 2.97. The molecule has 0 N–H and O–H groups in total. The number of ether oxygens (including phenoxy) is 3. The first kappa shape index (κ1) is 16.7. The van der Waals surface area contributed by atoms with Crippen LogP contribution in [0.4, 0.5) is 0 Å². The van der Waals surface area contributed by atoms with Crippen molar-refractivity contribution in [3.05, 3.63) is 48.5 Å². The molecule has 1 aromatic heterocycles. The molecule has 1 saturated heterocycles. The topological polar surface area (TPSA) is 60.9 Å². The molecule has 134 valence electrons. The molecule has 3 aromatic rings. The molecule has 1 aliphatic heterocycles. The summed E-state index contributed by atoms with van der Waals surface area (Å²) in [6, 6.07) is 15.2. The predicted molar refractivity (Wildman–Crippen MR) is 99.1 cm³/mol. The molecule has 0 unspecified atom stereocenters. The highest BCUT2D eigenvalue weighted by atomic mass is 32.1. The lowest BCUT2D eigenvalue weighted by Gasteiger charge is -2.38. The van der Waals surface area contributed by atoms with E-state index in [1.807, 2.05) is 36.4 Å². The molecule has 0 radical (unpaired) electrons. The van der Waals surface area contributed by atoms with Crippen molar-refractivity contribution in [2.45, 2.75) is 6.10 Å². The fourth-order valence-electron chi connectivity index (χ4n) is 2.73. The quantitative estimate of drug-likeness (QED) is 0.668. The van der Waals surface area contributed by atoms with Crippen molar-refractivity contribution in [2.75, 3.05) is 26.8 Å². The highest BCUT2D eigenvalue weighted by molar-refractivity contribution is 7.20. The maximum Gasteiger partial charge on any atom is 0.274 e. The van der Waals surface area contributed by atoms with Crippen molar-refractivity contribution in [1.82, 2.24) is 9.88 Å². The third kappa shape index (κ3) is 3.43. The van der Waals surface area contributed by atoms with Crippen molar-refractivity contribution in [1.29, 1.82) is 0 Å². The number of likely N-dealkylation sites (tertiary alicyclic amines) is 1. The van der Waals surface area contributed by atoms with Gasteiger partial charge in [0.25, 0.3) is 11.1 Å². The van der Waals surface area contributed by atoms with Crippen molar-refractivity contribution >= 4 is 27.5 Å². The molecule has 0 atom stereocenters. The van der Waals surface area contributed by atoms with Gasteiger partial charge in [0.1, 0.15) is 6.10 Å². The summed E-state index contributed by atoms with van der Waals surface area (Å²) in [7, 11) is 1.57. The van der Waals surface area contributed by atoms with E-state index >= 15 is 0 Å². The Morgan fingerprint density at radius 1 is 1.15 bits per heavy atom. The van der Waals surface area contributed by atoms with Crippen molar-refractivity contribution in [2.24, 2.45) is 0 Å². The Bertz CT molecular complexity index is 888.